The van der Waals surface area contributed by atoms with Gasteiger partial charge in [-0.05, 0) is 19.1 Å². The number of hydrogen-bond acceptors (Lipinski definition) is 6. The first-order valence-electron chi connectivity index (χ1n) is 5.43. The van der Waals surface area contributed by atoms with Crippen LogP contribution >= 0.6 is 0 Å². The molecule has 0 unspecified atom stereocenters. The van der Waals surface area contributed by atoms with Gasteiger partial charge >= 0.3 is 0 Å². The number of hydrogen-bond donors (Lipinski definition) is 4. The third-order valence-corrected chi connectivity index (χ3v) is 2.26. The molecule has 0 saturated carbocycles. The van der Waals surface area contributed by atoms with Gasteiger partial charge in [-0.1, -0.05) is 0 Å². The number of benzene rings is 1. The van der Waals surface area contributed by atoms with Crippen LogP contribution in [0.1, 0.15) is 11.3 Å². The third kappa shape index (κ3) is 3.32. The predicted molar refractivity (Wildman–Crippen MR) is 70.6 cm³/mol. The van der Waals surface area contributed by atoms with E-state index in [9.17, 15) is 9.90 Å². The number of aromatic amines is 1. The minimum absolute atomic E-state index is 0.0349. The standard InChI is InChI=1S/C12H12N4O3/c1-7-4-11(19)15-12(14-7)16-13-6-8-2-3-9(17)5-10(8)18/h2-6,17-18H,1H3,(H2,14,15,16,19)/b13-6+. The molecule has 2 rings (SSSR count). The number of phenolic OH excluding ortho intramolecular Hbond substituents is 2. The van der Waals surface area contributed by atoms with Gasteiger partial charge in [0, 0.05) is 23.4 Å². The number of aryl methyl sites for hydroxylation is 1. The van der Waals surface area contributed by atoms with Crippen LogP contribution in [0.25, 0.3) is 0 Å². The quantitative estimate of drug-likeness (QED) is 0.485. The fraction of sp³-hybridized carbons (Fsp3) is 0.0833. The maximum absolute atomic E-state index is 11.2. The summed E-state index contributed by atoms with van der Waals surface area (Å²) in [6, 6.07) is 5.49. The molecule has 0 fully saturated rings. The van der Waals surface area contributed by atoms with E-state index < -0.39 is 0 Å². The van der Waals surface area contributed by atoms with Gasteiger partial charge in [0.25, 0.3) is 5.56 Å². The van der Waals surface area contributed by atoms with E-state index in [-0.39, 0.29) is 23.0 Å². The summed E-state index contributed by atoms with van der Waals surface area (Å²) in [5, 5.41) is 22.5. The zero-order valence-corrected chi connectivity index (χ0v) is 10.1. The summed E-state index contributed by atoms with van der Waals surface area (Å²) in [7, 11) is 0. The van der Waals surface area contributed by atoms with Crippen molar-refractivity contribution in [2.45, 2.75) is 6.92 Å². The molecular formula is C12H12N4O3. The third-order valence-electron chi connectivity index (χ3n) is 2.26. The number of anilines is 1. The number of aromatic hydroxyl groups is 2. The van der Waals surface area contributed by atoms with Gasteiger partial charge < -0.3 is 10.2 Å². The van der Waals surface area contributed by atoms with Crippen LogP contribution in [0.3, 0.4) is 0 Å². The van der Waals surface area contributed by atoms with E-state index >= 15 is 0 Å². The Labute approximate surface area is 108 Å². The van der Waals surface area contributed by atoms with E-state index in [4.69, 9.17) is 5.11 Å². The Morgan fingerprint density at radius 1 is 1.37 bits per heavy atom. The van der Waals surface area contributed by atoms with Gasteiger partial charge in [-0.25, -0.2) is 10.4 Å². The van der Waals surface area contributed by atoms with Crippen molar-refractivity contribution >= 4 is 12.2 Å². The van der Waals surface area contributed by atoms with Crippen LogP contribution in [0.2, 0.25) is 0 Å². The number of phenols is 2. The Hall–Kier alpha value is -2.83. The molecule has 0 aliphatic rings. The molecule has 2 aromatic rings. The second-order valence-electron chi connectivity index (χ2n) is 3.85. The summed E-state index contributed by atoms with van der Waals surface area (Å²) in [6.45, 7) is 1.69. The van der Waals surface area contributed by atoms with Crippen LogP contribution in [0, 0.1) is 6.92 Å². The molecule has 0 atom stereocenters. The monoisotopic (exact) mass is 260 g/mol. The molecular weight excluding hydrogens is 248 g/mol. The summed E-state index contributed by atoms with van der Waals surface area (Å²) < 4.78 is 0. The number of aromatic nitrogens is 2. The lowest BCUT2D eigenvalue weighted by Crippen LogP contribution is -2.10. The Morgan fingerprint density at radius 2 is 2.16 bits per heavy atom. The largest absolute Gasteiger partial charge is 0.508 e. The number of hydrazone groups is 1. The molecule has 19 heavy (non-hydrogen) atoms. The molecule has 7 heteroatoms. The SMILES string of the molecule is Cc1cc(=O)[nH]c(N/N=C/c2ccc(O)cc2O)n1. The van der Waals surface area contributed by atoms with Crippen LogP contribution < -0.4 is 11.0 Å². The summed E-state index contributed by atoms with van der Waals surface area (Å²) in [6.07, 6.45) is 1.34. The fourth-order valence-corrected chi connectivity index (χ4v) is 1.44. The first kappa shape index (κ1) is 12.6. The van der Waals surface area contributed by atoms with Gasteiger partial charge in [0.05, 0.1) is 6.21 Å². The maximum atomic E-state index is 11.2. The summed E-state index contributed by atoms with van der Waals surface area (Å²) in [5.74, 6) is 0.0723. The molecule has 0 saturated heterocycles. The Morgan fingerprint density at radius 3 is 2.84 bits per heavy atom. The van der Waals surface area contributed by atoms with Crippen molar-refractivity contribution in [1.82, 2.24) is 9.97 Å². The lowest BCUT2D eigenvalue weighted by molar-refractivity contribution is 0.450. The Balaban J connectivity index is 2.13. The van der Waals surface area contributed by atoms with E-state index in [1.54, 1.807) is 6.92 Å². The zero-order chi connectivity index (χ0) is 13.8. The normalized spacial score (nSPS) is 10.8. The molecule has 98 valence electrons. The van der Waals surface area contributed by atoms with Crippen LogP contribution in [-0.4, -0.2) is 26.4 Å². The first-order chi connectivity index (χ1) is 9.04. The number of nitrogens with zero attached hydrogens (tertiary/aromatic N) is 2. The highest BCUT2D eigenvalue weighted by Gasteiger charge is 1.99. The highest BCUT2D eigenvalue weighted by atomic mass is 16.3. The van der Waals surface area contributed by atoms with Gasteiger partial charge in [0.1, 0.15) is 11.5 Å². The minimum Gasteiger partial charge on any atom is -0.508 e. The lowest BCUT2D eigenvalue weighted by Gasteiger charge is -2.01. The second-order valence-corrected chi connectivity index (χ2v) is 3.85. The molecule has 0 bridgehead atoms. The average molecular weight is 260 g/mol. The summed E-state index contributed by atoms with van der Waals surface area (Å²) in [5.41, 5.74) is 3.25. The molecule has 7 nitrogen and oxygen atoms in total. The molecule has 0 aliphatic heterocycles. The van der Waals surface area contributed by atoms with Gasteiger partial charge in [-0.15, -0.1) is 0 Å². The van der Waals surface area contributed by atoms with Crippen LogP contribution in [0.5, 0.6) is 11.5 Å². The van der Waals surface area contributed by atoms with Crippen molar-refractivity contribution in [2.75, 3.05) is 5.43 Å². The molecule has 4 N–H and O–H groups in total. The topological polar surface area (TPSA) is 111 Å². The zero-order valence-electron chi connectivity index (χ0n) is 10.1. The van der Waals surface area contributed by atoms with Crippen molar-refractivity contribution in [3.63, 3.8) is 0 Å². The first-order valence-corrected chi connectivity index (χ1v) is 5.43. The number of H-pyrrole nitrogens is 1. The van der Waals surface area contributed by atoms with Crippen LogP contribution in [-0.2, 0) is 0 Å². The molecule has 0 aliphatic carbocycles. The average Bonchev–Trinajstić information content (AvgIpc) is 2.30. The number of rotatable bonds is 3. The lowest BCUT2D eigenvalue weighted by atomic mass is 10.2. The molecule has 1 heterocycles. The smallest absolute Gasteiger partial charge is 0.252 e. The predicted octanol–water partition coefficient (Wildman–Crippen LogP) is 0.936. The van der Waals surface area contributed by atoms with Crippen molar-refractivity contribution in [2.24, 2.45) is 5.10 Å². The van der Waals surface area contributed by atoms with Gasteiger partial charge in [-0.2, -0.15) is 5.10 Å². The van der Waals surface area contributed by atoms with Crippen molar-refractivity contribution < 1.29 is 10.2 Å². The van der Waals surface area contributed by atoms with Gasteiger partial charge in [0.15, 0.2) is 0 Å². The van der Waals surface area contributed by atoms with E-state index in [0.717, 1.165) is 0 Å². The van der Waals surface area contributed by atoms with E-state index in [1.165, 1.54) is 30.5 Å². The Kier molecular flexibility index (Phi) is 3.46. The molecule has 1 aromatic heterocycles. The van der Waals surface area contributed by atoms with Gasteiger partial charge in [-0.3, -0.25) is 9.78 Å². The van der Waals surface area contributed by atoms with Crippen molar-refractivity contribution in [3.8, 4) is 11.5 Å². The summed E-state index contributed by atoms with van der Waals surface area (Å²) in [4.78, 5) is 17.7. The van der Waals surface area contributed by atoms with E-state index in [1.807, 2.05) is 0 Å². The van der Waals surface area contributed by atoms with E-state index in [0.29, 0.717) is 11.3 Å². The van der Waals surface area contributed by atoms with Crippen LogP contribution in [0.4, 0.5) is 5.95 Å². The van der Waals surface area contributed by atoms with E-state index in [2.05, 4.69) is 20.5 Å². The highest BCUT2D eigenvalue weighted by molar-refractivity contribution is 5.84. The minimum atomic E-state index is -0.280. The molecule has 0 spiro atoms. The Bertz CT molecular complexity index is 679. The molecule has 0 amide bonds. The van der Waals surface area contributed by atoms with Gasteiger partial charge in [0.2, 0.25) is 5.95 Å². The second kappa shape index (κ2) is 5.21. The molecule has 0 radical (unpaired) electrons. The number of nitrogens with one attached hydrogen (secondary N) is 2. The van der Waals surface area contributed by atoms with Crippen molar-refractivity contribution in [1.29, 1.82) is 0 Å². The summed E-state index contributed by atoms with van der Waals surface area (Å²) >= 11 is 0. The maximum Gasteiger partial charge on any atom is 0.252 e. The molecule has 1 aromatic carbocycles. The fourth-order valence-electron chi connectivity index (χ4n) is 1.44. The van der Waals surface area contributed by atoms with Crippen molar-refractivity contribution in [3.05, 3.63) is 45.9 Å². The highest BCUT2D eigenvalue weighted by Crippen LogP contribution is 2.20. The van der Waals surface area contributed by atoms with Crippen LogP contribution in [0.15, 0.2) is 34.2 Å².